The molecule has 2 amide bonds. The molecule has 0 radical (unpaired) electrons. The molecule has 0 saturated heterocycles. The Morgan fingerprint density at radius 3 is 2.06 bits per heavy atom. The largest absolute Gasteiger partial charge is 0.459 e. The quantitative estimate of drug-likeness (QED) is 0.137. The Morgan fingerprint density at radius 2 is 1.44 bits per heavy atom. The van der Waals surface area contributed by atoms with Gasteiger partial charge >= 0.3 is 18.2 Å². The highest BCUT2D eigenvalue weighted by Crippen LogP contribution is 2.28. The van der Waals surface area contributed by atoms with E-state index in [4.69, 9.17) is 14.2 Å². The Balaban J connectivity index is 3.93. The SMILES string of the molecule is C=C(C)C(=O)CCCCOC(=O)NCCC(C)(C)CC(C)CNC(=O)OCCOC(=O)C(=C)C. The van der Waals surface area contributed by atoms with Crippen LogP contribution in [0.2, 0.25) is 0 Å². The molecule has 2 N–H and O–H groups in total. The Bertz CT molecular complexity index is 716. The molecular weight excluding hydrogens is 440 g/mol. The number of unbranched alkanes of at least 4 members (excludes halogenated alkanes) is 1. The van der Waals surface area contributed by atoms with Crippen molar-refractivity contribution in [2.75, 3.05) is 32.9 Å². The summed E-state index contributed by atoms with van der Waals surface area (Å²) >= 11 is 0. The molecule has 0 saturated carbocycles. The van der Waals surface area contributed by atoms with Crippen LogP contribution in [0.25, 0.3) is 0 Å². The first-order valence-corrected chi connectivity index (χ1v) is 11.7. The second-order valence-electron chi connectivity index (χ2n) is 9.38. The lowest BCUT2D eigenvalue weighted by Crippen LogP contribution is -2.33. The number of hydrogen-bond donors (Lipinski definition) is 2. The number of carbonyl (C=O) groups is 4. The van der Waals surface area contributed by atoms with Gasteiger partial charge in [-0.05, 0) is 56.4 Å². The molecule has 1 unspecified atom stereocenters. The van der Waals surface area contributed by atoms with Crippen LogP contribution in [0.5, 0.6) is 0 Å². The molecule has 34 heavy (non-hydrogen) atoms. The van der Waals surface area contributed by atoms with E-state index in [0.717, 1.165) is 12.8 Å². The number of nitrogens with one attached hydrogen (secondary N) is 2. The van der Waals surface area contributed by atoms with Gasteiger partial charge in [0, 0.05) is 25.1 Å². The van der Waals surface area contributed by atoms with E-state index >= 15 is 0 Å². The van der Waals surface area contributed by atoms with Gasteiger partial charge in [0.2, 0.25) is 0 Å². The minimum absolute atomic E-state index is 0.0220. The van der Waals surface area contributed by atoms with Crippen molar-refractivity contribution in [1.82, 2.24) is 10.6 Å². The number of ketones is 1. The summed E-state index contributed by atoms with van der Waals surface area (Å²) < 4.78 is 15.0. The number of allylic oxidation sites excluding steroid dienone is 1. The van der Waals surface area contributed by atoms with Crippen LogP contribution in [0.4, 0.5) is 9.59 Å². The first kappa shape index (κ1) is 31.2. The summed E-state index contributed by atoms with van der Waals surface area (Å²) in [6, 6.07) is 0. The first-order chi connectivity index (χ1) is 15.8. The average molecular weight is 483 g/mol. The van der Waals surface area contributed by atoms with Gasteiger partial charge in [0.15, 0.2) is 5.78 Å². The molecule has 1 atom stereocenters. The summed E-state index contributed by atoms with van der Waals surface area (Å²) in [4.78, 5) is 46.3. The number of amides is 2. The Kier molecular flexibility index (Phi) is 15.3. The Labute approximate surface area is 203 Å². The number of alkyl carbamates (subject to hydrolysis) is 2. The van der Waals surface area contributed by atoms with Gasteiger partial charge in [-0.3, -0.25) is 4.79 Å². The Morgan fingerprint density at radius 1 is 0.853 bits per heavy atom. The van der Waals surface area contributed by atoms with Gasteiger partial charge < -0.3 is 24.8 Å². The Hall–Kier alpha value is -2.84. The van der Waals surface area contributed by atoms with Crippen molar-refractivity contribution >= 4 is 23.9 Å². The minimum atomic E-state index is -0.565. The van der Waals surface area contributed by atoms with E-state index in [-0.39, 0.29) is 42.5 Å². The smallest absolute Gasteiger partial charge is 0.407 e. The summed E-state index contributed by atoms with van der Waals surface area (Å²) in [5, 5.41) is 5.45. The van der Waals surface area contributed by atoms with Gasteiger partial charge in [0.05, 0.1) is 6.61 Å². The third-order valence-corrected chi connectivity index (χ3v) is 4.97. The zero-order chi connectivity index (χ0) is 26.1. The summed E-state index contributed by atoms with van der Waals surface area (Å²) in [5.41, 5.74) is 0.777. The minimum Gasteiger partial charge on any atom is -0.459 e. The van der Waals surface area contributed by atoms with Crippen molar-refractivity contribution in [3.63, 3.8) is 0 Å². The van der Waals surface area contributed by atoms with Crippen LogP contribution in [0.1, 0.15) is 66.7 Å². The van der Waals surface area contributed by atoms with Gasteiger partial charge in [-0.2, -0.15) is 0 Å². The normalized spacial score (nSPS) is 11.7. The summed E-state index contributed by atoms with van der Waals surface area (Å²) in [6.45, 7) is 17.7. The van der Waals surface area contributed by atoms with E-state index in [9.17, 15) is 19.2 Å². The molecule has 0 aliphatic carbocycles. The highest BCUT2D eigenvalue weighted by molar-refractivity contribution is 5.94. The number of carbonyl (C=O) groups excluding carboxylic acids is 4. The highest BCUT2D eigenvalue weighted by Gasteiger charge is 2.22. The van der Waals surface area contributed by atoms with E-state index in [1.165, 1.54) is 0 Å². The third kappa shape index (κ3) is 16.7. The van der Waals surface area contributed by atoms with Crippen molar-refractivity contribution in [3.8, 4) is 0 Å². The predicted molar refractivity (Wildman–Crippen MR) is 130 cm³/mol. The molecule has 194 valence electrons. The van der Waals surface area contributed by atoms with Crippen LogP contribution in [0.15, 0.2) is 24.3 Å². The van der Waals surface area contributed by atoms with E-state index < -0.39 is 18.2 Å². The molecule has 0 rings (SSSR count). The zero-order valence-corrected chi connectivity index (χ0v) is 21.4. The molecule has 0 aromatic heterocycles. The fraction of sp³-hybridized carbons (Fsp3) is 0.680. The zero-order valence-electron chi connectivity index (χ0n) is 21.4. The van der Waals surface area contributed by atoms with Gasteiger partial charge in [-0.1, -0.05) is 33.9 Å². The topological polar surface area (TPSA) is 120 Å². The molecular formula is C25H42N2O7. The number of esters is 1. The maximum Gasteiger partial charge on any atom is 0.407 e. The number of hydrogen-bond acceptors (Lipinski definition) is 7. The van der Waals surface area contributed by atoms with Gasteiger partial charge in [-0.15, -0.1) is 0 Å². The molecule has 0 aliphatic heterocycles. The lowest BCUT2D eigenvalue weighted by Gasteiger charge is -2.28. The van der Waals surface area contributed by atoms with E-state index in [2.05, 4.69) is 37.6 Å². The summed E-state index contributed by atoms with van der Waals surface area (Å²) in [6.07, 6.45) is 2.26. The van der Waals surface area contributed by atoms with Crippen LogP contribution in [-0.2, 0) is 23.8 Å². The van der Waals surface area contributed by atoms with E-state index in [1.54, 1.807) is 13.8 Å². The maximum absolute atomic E-state index is 11.8. The molecule has 0 aromatic rings. The fourth-order valence-corrected chi connectivity index (χ4v) is 3.14. The van der Waals surface area contributed by atoms with Gasteiger partial charge in [0.1, 0.15) is 13.2 Å². The lowest BCUT2D eigenvalue weighted by atomic mass is 9.80. The van der Waals surface area contributed by atoms with Crippen molar-refractivity contribution in [2.45, 2.75) is 66.7 Å². The molecule has 0 fully saturated rings. The fourth-order valence-electron chi connectivity index (χ4n) is 3.14. The van der Waals surface area contributed by atoms with Crippen LogP contribution in [0.3, 0.4) is 0 Å². The lowest BCUT2D eigenvalue weighted by molar-refractivity contribution is -0.139. The van der Waals surface area contributed by atoms with Gasteiger partial charge in [-0.25, -0.2) is 14.4 Å². The molecule has 0 heterocycles. The number of ether oxygens (including phenoxy) is 3. The van der Waals surface area contributed by atoms with Crippen molar-refractivity contribution in [2.24, 2.45) is 11.3 Å². The second-order valence-corrected chi connectivity index (χ2v) is 9.38. The number of rotatable bonds is 17. The third-order valence-electron chi connectivity index (χ3n) is 4.97. The molecule has 0 aromatic carbocycles. The van der Waals surface area contributed by atoms with Crippen LogP contribution >= 0.6 is 0 Å². The summed E-state index contributed by atoms with van der Waals surface area (Å²) in [5.74, 6) is -0.290. The van der Waals surface area contributed by atoms with Crippen molar-refractivity contribution in [1.29, 1.82) is 0 Å². The molecule has 9 heteroatoms. The molecule has 0 aliphatic rings. The summed E-state index contributed by atoms with van der Waals surface area (Å²) in [7, 11) is 0. The highest BCUT2D eigenvalue weighted by atomic mass is 16.6. The van der Waals surface area contributed by atoms with Crippen LogP contribution in [-0.4, -0.2) is 56.8 Å². The molecule has 9 nitrogen and oxygen atoms in total. The number of Topliss-reactive ketones (excluding diaryl/α,β-unsaturated/α-hetero) is 1. The molecule has 0 spiro atoms. The maximum atomic E-state index is 11.8. The van der Waals surface area contributed by atoms with Crippen molar-refractivity contribution in [3.05, 3.63) is 24.3 Å². The van der Waals surface area contributed by atoms with Crippen LogP contribution < -0.4 is 10.6 Å². The molecule has 0 bridgehead atoms. The van der Waals surface area contributed by atoms with E-state index in [0.29, 0.717) is 37.9 Å². The van der Waals surface area contributed by atoms with Crippen LogP contribution in [0, 0.1) is 11.3 Å². The average Bonchev–Trinajstić information content (AvgIpc) is 2.73. The van der Waals surface area contributed by atoms with Gasteiger partial charge in [0.25, 0.3) is 0 Å². The van der Waals surface area contributed by atoms with Crippen molar-refractivity contribution < 1.29 is 33.4 Å². The van der Waals surface area contributed by atoms with E-state index in [1.807, 2.05) is 6.92 Å². The second kappa shape index (κ2) is 16.7. The standard InChI is InChI=1S/C25H42N2O7/c1-18(2)21(28)10-8-9-13-33-23(30)26-12-11-25(6,7)16-20(5)17-27-24(31)34-15-14-32-22(29)19(3)4/h20H,1,3,8-17H2,2,4-7H3,(H,26,30)(H,27,31). The predicted octanol–water partition coefficient (Wildman–Crippen LogP) is 4.32. The first-order valence-electron chi connectivity index (χ1n) is 11.7. The monoisotopic (exact) mass is 482 g/mol.